The van der Waals surface area contributed by atoms with Gasteiger partial charge in [0.05, 0.1) is 29.9 Å². The van der Waals surface area contributed by atoms with E-state index >= 15 is 0 Å². The molecule has 174 valence electrons. The van der Waals surface area contributed by atoms with Crippen molar-refractivity contribution >= 4 is 29.2 Å². The monoisotopic (exact) mass is 452 g/mol. The van der Waals surface area contributed by atoms with Crippen LogP contribution in [0.1, 0.15) is 35.2 Å². The third-order valence-electron chi connectivity index (χ3n) is 6.58. The molecule has 33 heavy (non-hydrogen) atoms. The second-order valence-corrected chi connectivity index (χ2v) is 8.89. The van der Waals surface area contributed by atoms with Gasteiger partial charge in [0.2, 0.25) is 0 Å². The van der Waals surface area contributed by atoms with E-state index in [1.807, 2.05) is 43.0 Å². The fraction of sp³-hybridized carbons (Fsp3) is 0.346. The number of rotatable bonds is 8. The Labute approximate surface area is 193 Å². The zero-order chi connectivity index (χ0) is 23.9. The van der Waals surface area contributed by atoms with Gasteiger partial charge in [-0.25, -0.2) is 13.8 Å². The Kier molecular flexibility index (Phi) is 5.91. The molecule has 2 aliphatic rings. The van der Waals surface area contributed by atoms with E-state index in [2.05, 4.69) is 34.9 Å². The molecule has 0 aromatic heterocycles. The summed E-state index contributed by atoms with van der Waals surface area (Å²) < 4.78 is 27.5. The second-order valence-electron chi connectivity index (χ2n) is 8.89. The lowest BCUT2D eigenvalue weighted by Gasteiger charge is -2.27. The van der Waals surface area contributed by atoms with Gasteiger partial charge >= 0.3 is 0 Å². The van der Waals surface area contributed by atoms with Gasteiger partial charge in [-0.3, -0.25) is 0 Å². The van der Waals surface area contributed by atoms with Crippen LogP contribution in [0.4, 0.5) is 20.2 Å². The Hall–Kier alpha value is -3.35. The standard InChI is InChI=1S/C26H30F2N4O/c1-15-10-20(16(2)31-24-9-7-6-8-19(24)18(4)33)25(30-14-29-5)21(11-15)17(3)32-12-22-23(13-32)26(22,27)28/h6-11,14,16,22-23,31,33H,3-4,12-13H2,1-2,5H3,(H,29,30). The summed E-state index contributed by atoms with van der Waals surface area (Å²) in [5, 5.41) is 16.4. The summed E-state index contributed by atoms with van der Waals surface area (Å²) in [6.07, 6.45) is 1.61. The molecular formula is C26H30F2N4O. The molecule has 3 N–H and O–H groups in total. The number of anilines is 1. The summed E-state index contributed by atoms with van der Waals surface area (Å²) in [5.74, 6) is -3.70. The first-order valence-electron chi connectivity index (χ1n) is 11.0. The van der Waals surface area contributed by atoms with Crippen molar-refractivity contribution in [3.8, 4) is 0 Å². The Balaban J connectivity index is 1.68. The highest BCUT2D eigenvalue weighted by Gasteiger charge is 2.71. The minimum atomic E-state index is -2.54. The molecule has 1 aliphatic carbocycles. The Bertz CT molecular complexity index is 1110. The number of hydrogen-bond acceptors (Lipinski definition) is 4. The molecule has 2 aromatic carbocycles. The van der Waals surface area contributed by atoms with Gasteiger partial charge < -0.3 is 20.6 Å². The van der Waals surface area contributed by atoms with Crippen LogP contribution in [0.25, 0.3) is 11.5 Å². The van der Waals surface area contributed by atoms with Crippen LogP contribution in [-0.4, -0.2) is 42.4 Å². The topological polar surface area (TPSA) is 59.9 Å². The normalized spacial score (nSPS) is 21.5. The van der Waals surface area contributed by atoms with Crippen LogP contribution in [0, 0.1) is 18.8 Å². The fourth-order valence-electron chi connectivity index (χ4n) is 4.70. The number of aliphatic hydroxyl groups is 1. The van der Waals surface area contributed by atoms with Crippen LogP contribution in [0.3, 0.4) is 0 Å². The largest absolute Gasteiger partial charge is 0.508 e. The Morgan fingerprint density at radius 2 is 1.88 bits per heavy atom. The molecule has 7 heteroatoms. The summed E-state index contributed by atoms with van der Waals surface area (Å²) in [5.41, 5.74) is 5.60. The van der Waals surface area contributed by atoms with E-state index < -0.39 is 17.8 Å². The Morgan fingerprint density at radius 1 is 1.21 bits per heavy atom. The number of alkyl halides is 2. The average molecular weight is 453 g/mol. The van der Waals surface area contributed by atoms with Crippen LogP contribution < -0.4 is 10.6 Å². The number of halogens is 2. The van der Waals surface area contributed by atoms with Gasteiger partial charge in [-0.1, -0.05) is 31.4 Å². The number of aliphatic imine (C=N–C) groups is 1. The summed E-state index contributed by atoms with van der Waals surface area (Å²) in [7, 11) is 1.77. The molecule has 2 aromatic rings. The van der Waals surface area contributed by atoms with E-state index in [-0.39, 0.29) is 11.8 Å². The number of aryl methyl sites for hydroxylation is 1. The minimum Gasteiger partial charge on any atom is -0.508 e. The molecule has 1 heterocycles. The van der Waals surface area contributed by atoms with E-state index in [4.69, 9.17) is 0 Å². The number of nitrogens with one attached hydrogen (secondary N) is 2. The molecular weight excluding hydrogens is 422 g/mol. The first-order valence-corrected chi connectivity index (χ1v) is 11.0. The lowest BCUT2D eigenvalue weighted by atomic mass is 9.96. The highest BCUT2D eigenvalue weighted by atomic mass is 19.3. The van der Waals surface area contributed by atoms with Crippen LogP contribution >= 0.6 is 0 Å². The molecule has 1 saturated heterocycles. The maximum Gasteiger partial charge on any atom is 0.258 e. The van der Waals surface area contributed by atoms with E-state index in [1.165, 1.54) is 0 Å². The lowest BCUT2D eigenvalue weighted by molar-refractivity contribution is 0.0631. The summed E-state index contributed by atoms with van der Waals surface area (Å²) in [6, 6.07) is 11.3. The molecule has 0 amide bonds. The van der Waals surface area contributed by atoms with E-state index in [1.54, 1.807) is 19.5 Å². The van der Waals surface area contributed by atoms with Crippen LogP contribution in [0.5, 0.6) is 0 Å². The highest BCUT2D eigenvalue weighted by Crippen LogP contribution is 2.60. The molecule has 0 bridgehead atoms. The van der Waals surface area contributed by atoms with Crippen LogP contribution in [0.2, 0.25) is 0 Å². The van der Waals surface area contributed by atoms with Gasteiger partial charge in [0.15, 0.2) is 0 Å². The quantitative estimate of drug-likeness (QED) is 0.271. The van der Waals surface area contributed by atoms with Crippen molar-refractivity contribution in [3.05, 3.63) is 71.8 Å². The summed E-state index contributed by atoms with van der Waals surface area (Å²) in [4.78, 5) is 6.61. The SMILES string of the molecule is C=C(O)c1ccccc1NC(C)c1cc(C)cc(C(=C)N2CC3C(C2)C3(F)F)c1/N=C\NC. The van der Waals surface area contributed by atoms with Gasteiger partial charge in [0.25, 0.3) is 5.92 Å². The fourth-order valence-corrected chi connectivity index (χ4v) is 4.70. The molecule has 5 nitrogen and oxygen atoms in total. The molecule has 0 radical (unpaired) electrons. The van der Waals surface area contributed by atoms with Gasteiger partial charge in [-0.15, -0.1) is 0 Å². The van der Waals surface area contributed by atoms with Gasteiger partial charge in [0.1, 0.15) is 5.76 Å². The average Bonchev–Trinajstić information content (AvgIpc) is 3.11. The third kappa shape index (κ3) is 4.19. The second kappa shape index (κ2) is 8.54. The molecule has 3 atom stereocenters. The number of benzene rings is 2. The highest BCUT2D eigenvalue weighted by molar-refractivity contribution is 5.79. The van der Waals surface area contributed by atoms with Crippen LogP contribution in [0.15, 0.2) is 54.5 Å². The van der Waals surface area contributed by atoms with Gasteiger partial charge in [-0.05, 0) is 37.6 Å². The summed E-state index contributed by atoms with van der Waals surface area (Å²) >= 11 is 0. The number of fused-ring (bicyclic) bond motifs is 1. The molecule has 2 fully saturated rings. The van der Waals surface area contributed by atoms with Crippen molar-refractivity contribution in [1.29, 1.82) is 0 Å². The smallest absolute Gasteiger partial charge is 0.258 e. The summed E-state index contributed by atoms with van der Waals surface area (Å²) in [6.45, 7) is 12.6. The van der Waals surface area contributed by atoms with Crippen molar-refractivity contribution in [1.82, 2.24) is 10.2 Å². The van der Waals surface area contributed by atoms with E-state index in [0.29, 0.717) is 24.4 Å². The predicted molar refractivity (Wildman–Crippen MR) is 131 cm³/mol. The number of likely N-dealkylation sites (tertiary alicyclic amines) is 1. The van der Waals surface area contributed by atoms with Crippen molar-refractivity contribution in [3.63, 3.8) is 0 Å². The zero-order valence-corrected chi connectivity index (χ0v) is 19.2. The van der Waals surface area contributed by atoms with E-state index in [9.17, 15) is 13.9 Å². The lowest BCUT2D eigenvalue weighted by Crippen LogP contribution is -2.26. The maximum atomic E-state index is 13.7. The zero-order valence-electron chi connectivity index (χ0n) is 19.2. The van der Waals surface area contributed by atoms with Crippen molar-refractivity contribution in [2.45, 2.75) is 25.8 Å². The Morgan fingerprint density at radius 3 is 2.52 bits per heavy atom. The van der Waals surface area contributed by atoms with Crippen LogP contribution in [-0.2, 0) is 0 Å². The number of piperidine rings is 1. The molecule has 0 spiro atoms. The molecule has 1 aliphatic heterocycles. The van der Waals surface area contributed by atoms with Gasteiger partial charge in [0, 0.05) is 48.2 Å². The van der Waals surface area contributed by atoms with Crippen molar-refractivity contribution < 1.29 is 13.9 Å². The minimum absolute atomic E-state index is 0.0126. The first kappa shape index (κ1) is 22.8. The van der Waals surface area contributed by atoms with Gasteiger partial charge in [-0.2, -0.15) is 0 Å². The van der Waals surface area contributed by atoms with E-state index in [0.717, 1.165) is 28.1 Å². The third-order valence-corrected chi connectivity index (χ3v) is 6.58. The predicted octanol–water partition coefficient (Wildman–Crippen LogP) is 5.74. The first-order chi connectivity index (χ1) is 15.6. The molecule has 4 rings (SSSR count). The maximum absolute atomic E-state index is 13.7. The molecule has 3 unspecified atom stereocenters. The number of para-hydroxylation sites is 1. The number of nitrogens with zero attached hydrogens (tertiary/aromatic N) is 2. The molecule has 1 saturated carbocycles. The number of aliphatic hydroxyl groups excluding tert-OH is 1. The number of hydrogen-bond donors (Lipinski definition) is 3. The van der Waals surface area contributed by atoms with Crippen molar-refractivity contribution in [2.75, 3.05) is 25.5 Å². The van der Waals surface area contributed by atoms with Crippen molar-refractivity contribution in [2.24, 2.45) is 16.8 Å².